The molecule has 0 aliphatic rings. The van der Waals surface area contributed by atoms with Gasteiger partial charge in [0.2, 0.25) is 0 Å². The van der Waals surface area contributed by atoms with Gasteiger partial charge in [-0.25, -0.2) is 4.98 Å². The summed E-state index contributed by atoms with van der Waals surface area (Å²) in [5, 5.41) is 11.7. The molecular weight excluding hydrogens is 234 g/mol. The molecule has 0 saturated carbocycles. The van der Waals surface area contributed by atoms with Gasteiger partial charge in [-0.05, 0) is 25.5 Å². The van der Waals surface area contributed by atoms with E-state index in [1.54, 1.807) is 29.7 Å². The Labute approximate surface area is 104 Å². The summed E-state index contributed by atoms with van der Waals surface area (Å²) >= 11 is 1.56. The third kappa shape index (κ3) is 2.55. The summed E-state index contributed by atoms with van der Waals surface area (Å²) in [5.74, 6) is 0.487. The number of aromatic nitrogens is 2. The van der Waals surface area contributed by atoms with Crippen LogP contribution in [0.2, 0.25) is 0 Å². The van der Waals surface area contributed by atoms with Crippen LogP contribution in [0.25, 0.3) is 0 Å². The number of nitrogens with zero attached hydrogens (tertiary/aromatic N) is 3. The van der Waals surface area contributed by atoms with Crippen LogP contribution in [0.1, 0.15) is 19.0 Å². The van der Waals surface area contributed by atoms with Gasteiger partial charge in [0.15, 0.2) is 16.4 Å². The van der Waals surface area contributed by atoms with Gasteiger partial charge < -0.3 is 9.67 Å². The lowest BCUT2D eigenvalue weighted by atomic mass is 10.4. The largest absolute Gasteiger partial charge is 0.504 e. The van der Waals surface area contributed by atoms with Crippen molar-refractivity contribution in [1.29, 1.82) is 0 Å². The van der Waals surface area contributed by atoms with E-state index in [9.17, 15) is 5.11 Å². The lowest BCUT2D eigenvalue weighted by Crippen LogP contribution is -2.15. The molecule has 5 heteroatoms. The van der Waals surface area contributed by atoms with Crippen LogP contribution in [0.5, 0.6) is 5.75 Å². The Morgan fingerprint density at radius 3 is 3.06 bits per heavy atom. The maximum absolute atomic E-state index is 9.64. The van der Waals surface area contributed by atoms with Gasteiger partial charge in [0.1, 0.15) is 0 Å². The molecular formula is C12H15N3OS. The van der Waals surface area contributed by atoms with Crippen LogP contribution in [0, 0.1) is 6.92 Å². The summed E-state index contributed by atoms with van der Waals surface area (Å²) in [7, 11) is 0. The van der Waals surface area contributed by atoms with E-state index in [0.29, 0.717) is 5.82 Å². The van der Waals surface area contributed by atoms with E-state index in [-0.39, 0.29) is 5.75 Å². The van der Waals surface area contributed by atoms with E-state index in [4.69, 9.17) is 0 Å². The summed E-state index contributed by atoms with van der Waals surface area (Å²) < 4.78 is 2.14. The summed E-state index contributed by atoms with van der Waals surface area (Å²) in [6, 6.07) is 3.28. The summed E-state index contributed by atoms with van der Waals surface area (Å²) in [6.07, 6.45) is 2.68. The topological polar surface area (TPSA) is 50.4 Å². The Morgan fingerprint density at radius 2 is 2.35 bits per heavy atom. The van der Waals surface area contributed by atoms with Crippen molar-refractivity contribution in [2.75, 3.05) is 0 Å². The maximum Gasteiger partial charge on any atom is 0.197 e. The molecule has 0 atom stereocenters. The molecule has 0 saturated heterocycles. The van der Waals surface area contributed by atoms with Crippen molar-refractivity contribution in [3.8, 4) is 5.75 Å². The number of rotatable bonds is 3. The van der Waals surface area contributed by atoms with Crippen molar-refractivity contribution < 1.29 is 5.11 Å². The molecule has 1 N–H and O–H groups in total. The highest BCUT2D eigenvalue weighted by Gasteiger charge is 2.03. The highest BCUT2D eigenvalue weighted by Crippen LogP contribution is 2.21. The van der Waals surface area contributed by atoms with E-state index < -0.39 is 0 Å². The second-order valence-electron chi connectivity index (χ2n) is 3.77. The first-order valence-corrected chi connectivity index (χ1v) is 6.44. The van der Waals surface area contributed by atoms with Crippen LogP contribution in [0.4, 0.5) is 5.82 Å². The van der Waals surface area contributed by atoms with Crippen LogP contribution >= 0.6 is 11.3 Å². The maximum atomic E-state index is 9.64. The van der Waals surface area contributed by atoms with Gasteiger partial charge in [-0.15, -0.1) is 11.3 Å². The summed E-state index contributed by atoms with van der Waals surface area (Å²) in [4.78, 5) is 9.33. The first-order chi connectivity index (χ1) is 8.22. The number of aryl methyl sites for hydroxylation is 1. The van der Waals surface area contributed by atoms with Crippen molar-refractivity contribution in [3.63, 3.8) is 0 Å². The summed E-state index contributed by atoms with van der Waals surface area (Å²) in [6.45, 7) is 5.12. The Kier molecular flexibility index (Phi) is 3.58. The number of hydrogen-bond donors (Lipinski definition) is 1. The van der Waals surface area contributed by atoms with Gasteiger partial charge >= 0.3 is 0 Å². The van der Waals surface area contributed by atoms with E-state index in [2.05, 4.69) is 33.8 Å². The molecule has 0 unspecified atom stereocenters. The van der Waals surface area contributed by atoms with E-state index >= 15 is 0 Å². The fraction of sp³-hybridized carbons (Fsp3) is 0.333. The molecule has 2 rings (SSSR count). The molecule has 2 aromatic rings. The Hall–Kier alpha value is -1.62. The smallest absolute Gasteiger partial charge is 0.197 e. The molecule has 2 aromatic heterocycles. The molecule has 0 aromatic carbocycles. The molecule has 2 heterocycles. The van der Waals surface area contributed by atoms with E-state index in [1.165, 1.54) is 5.69 Å². The second kappa shape index (κ2) is 5.14. The summed E-state index contributed by atoms with van der Waals surface area (Å²) in [5.41, 5.74) is 1.19. The standard InChI is InChI=1S/C12H15N3OS/c1-3-7-15-9(2)8-17-12(15)14-11-10(16)5-4-6-13-11/h4-6,8,16H,3,7H2,1-2H3/b14-12-. The third-order valence-corrected chi connectivity index (χ3v) is 3.39. The number of aromatic hydroxyl groups is 1. The molecule has 90 valence electrons. The lowest BCUT2D eigenvalue weighted by Gasteiger charge is -2.02. The highest BCUT2D eigenvalue weighted by molar-refractivity contribution is 7.07. The third-order valence-electron chi connectivity index (χ3n) is 2.41. The average Bonchev–Trinajstić information content (AvgIpc) is 2.65. The fourth-order valence-electron chi connectivity index (χ4n) is 1.56. The van der Waals surface area contributed by atoms with Crippen molar-refractivity contribution in [1.82, 2.24) is 9.55 Å². The average molecular weight is 249 g/mol. The monoisotopic (exact) mass is 249 g/mol. The molecule has 0 aliphatic heterocycles. The molecule has 0 fully saturated rings. The van der Waals surface area contributed by atoms with Crippen LogP contribution in [0.3, 0.4) is 0 Å². The number of pyridine rings is 1. The first kappa shape index (κ1) is 11.9. The van der Waals surface area contributed by atoms with Gasteiger partial charge in [0, 0.05) is 23.8 Å². The molecule has 0 spiro atoms. The molecule has 0 aliphatic carbocycles. The zero-order chi connectivity index (χ0) is 12.3. The van der Waals surface area contributed by atoms with Crippen molar-refractivity contribution in [2.24, 2.45) is 4.99 Å². The van der Waals surface area contributed by atoms with Crippen molar-refractivity contribution in [3.05, 3.63) is 34.2 Å². The zero-order valence-electron chi connectivity index (χ0n) is 9.92. The van der Waals surface area contributed by atoms with Crippen LogP contribution < -0.4 is 4.80 Å². The van der Waals surface area contributed by atoms with Crippen LogP contribution in [0.15, 0.2) is 28.7 Å². The van der Waals surface area contributed by atoms with Crippen molar-refractivity contribution in [2.45, 2.75) is 26.8 Å². The number of thiazole rings is 1. The molecule has 4 nitrogen and oxygen atoms in total. The minimum Gasteiger partial charge on any atom is -0.504 e. The quantitative estimate of drug-likeness (QED) is 0.909. The lowest BCUT2D eigenvalue weighted by molar-refractivity contribution is 0.474. The highest BCUT2D eigenvalue weighted by atomic mass is 32.1. The zero-order valence-corrected chi connectivity index (χ0v) is 10.7. The van der Waals surface area contributed by atoms with E-state index in [1.807, 2.05) is 0 Å². The van der Waals surface area contributed by atoms with Gasteiger partial charge in [0.05, 0.1) is 0 Å². The minimum absolute atomic E-state index is 0.113. The Morgan fingerprint density at radius 1 is 1.53 bits per heavy atom. The predicted octanol–water partition coefficient (Wildman–Crippen LogP) is 2.60. The van der Waals surface area contributed by atoms with Gasteiger partial charge in [0.25, 0.3) is 0 Å². The molecule has 0 amide bonds. The van der Waals surface area contributed by atoms with Gasteiger partial charge in [-0.2, -0.15) is 4.99 Å². The van der Waals surface area contributed by atoms with Crippen LogP contribution in [-0.2, 0) is 6.54 Å². The predicted molar refractivity (Wildman–Crippen MR) is 68.5 cm³/mol. The van der Waals surface area contributed by atoms with Gasteiger partial charge in [-0.1, -0.05) is 6.92 Å². The van der Waals surface area contributed by atoms with Crippen molar-refractivity contribution >= 4 is 17.2 Å². The fourth-order valence-corrected chi connectivity index (χ4v) is 2.47. The Bertz CT molecular complexity index is 571. The van der Waals surface area contributed by atoms with Crippen LogP contribution in [-0.4, -0.2) is 14.7 Å². The number of hydrogen-bond acceptors (Lipinski definition) is 4. The molecule has 0 bridgehead atoms. The normalized spacial score (nSPS) is 12.0. The SMILES string of the molecule is CCCn1c(C)cs/c1=N\c1ncccc1O. The van der Waals surface area contributed by atoms with Gasteiger partial charge in [-0.3, -0.25) is 0 Å². The minimum atomic E-state index is 0.113. The Balaban J connectivity index is 2.50. The molecule has 17 heavy (non-hydrogen) atoms. The van der Waals surface area contributed by atoms with E-state index in [0.717, 1.165) is 17.8 Å². The second-order valence-corrected chi connectivity index (χ2v) is 4.61. The molecule has 0 radical (unpaired) electrons. The first-order valence-electron chi connectivity index (χ1n) is 5.56.